The summed E-state index contributed by atoms with van der Waals surface area (Å²) in [6.45, 7) is 2.53. The molecule has 3 heteroatoms. The second-order valence-corrected chi connectivity index (χ2v) is 4.56. The van der Waals surface area contributed by atoms with Crippen molar-refractivity contribution in [3.8, 4) is 0 Å². The van der Waals surface area contributed by atoms with E-state index in [4.69, 9.17) is 0 Å². The monoisotopic (exact) mass is 219 g/mol. The van der Waals surface area contributed by atoms with Crippen LogP contribution in [0.2, 0.25) is 0 Å². The van der Waals surface area contributed by atoms with Crippen molar-refractivity contribution in [2.75, 3.05) is 0 Å². The molecule has 0 saturated carbocycles. The Morgan fingerprint density at radius 2 is 2.33 bits per heavy atom. The van der Waals surface area contributed by atoms with Crippen LogP contribution in [0.15, 0.2) is 36.0 Å². The largest absolute Gasteiger partial charge is 0.353 e. The molecular formula is C12H13NOS. The third-order valence-electron chi connectivity index (χ3n) is 2.35. The molecule has 2 heterocycles. The van der Waals surface area contributed by atoms with Gasteiger partial charge in [-0.2, -0.15) is 0 Å². The summed E-state index contributed by atoms with van der Waals surface area (Å²) in [5.74, 6) is 0.130. The first-order valence-corrected chi connectivity index (χ1v) is 5.83. The van der Waals surface area contributed by atoms with Crippen molar-refractivity contribution in [2.45, 2.75) is 19.9 Å². The Morgan fingerprint density at radius 3 is 2.93 bits per heavy atom. The maximum Gasteiger partial charge on any atom is 0.161 e. The minimum absolute atomic E-state index is 0.130. The van der Waals surface area contributed by atoms with E-state index in [1.54, 1.807) is 18.3 Å². The molecule has 0 fully saturated rings. The van der Waals surface area contributed by atoms with Gasteiger partial charge in [-0.3, -0.25) is 4.79 Å². The molecule has 0 N–H and O–H groups in total. The number of Topliss-reactive ketones (excluding diaryl/α,β-unsaturated/α-hetero) is 1. The predicted octanol–water partition coefficient (Wildman–Crippen LogP) is 2.99. The van der Waals surface area contributed by atoms with Crippen molar-refractivity contribution in [3.05, 3.63) is 46.4 Å². The fourth-order valence-electron chi connectivity index (χ4n) is 1.48. The lowest BCUT2D eigenvalue weighted by Crippen LogP contribution is -1.97. The Hall–Kier alpha value is -1.35. The summed E-state index contributed by atoms with van der Waals surface area (Å²) in [6, 6.07) is 6.08. The standard InChI is InChI=1S/C12H13NOS/c1-10(14)11-4-6-13(9-11)7-5-12-3-2-8-15-12/h2-4,6,8-9H,5,7H2,1H3. The van der Waals surface area contributed by atoms with Crippen LogP contribution >= 0.6 is 11.3 Å². The van der Waals surface area contributed by atoms with Crippen molar-refractivity contribution in [2.24, 2.45) is 0 Å². The minimum atomic E-state index is 0.130. The van der Waals surface area contributed by atoms with Crippen molar-refractivity contribution < 1.29 is 4.79 Å². The van der Waals surface area contributed by atoms with E-state index in [9.17, 15) is 4.79 Å². The van der Waals surface area contributed by atoms with Gasteiger partial charge in [0.25, 0.3) is 0 Å². The maximum absolute atomic E-state index is 11.1. The van der Waals surface area contributed by atoms with Gasteiger partial charge in [-0.1, -0.05) is 6.07 Å². The van der Waals surface area contributed by atoms with Crippen LogP contribution in [0, 0.1) is 0 Å². The van der Waals surface area contributed by atoms with Crippen molar-refractivity contribution in [3.63, 3.8) is 0 Å². The summed E-state index contributed by atoms with van der Waals surface area (Å²) in [6.07, 6.45) is 4.91. The molecule has 0 spiro atoms. The zero-order valence-corrected chi connectivity index (χ0v) is 9.46. The van der Waals surface area contributed by atoms with Gasteiger partial charge in [-0.05, 0) is 30.9 Å². The van der Waals surface area contributed by atoms with Crippen LogP contribution in [-0.2, 0) is 13.0 Å². The quantitative estimate of drug-likeness (QED) is 0.724. The van der Waals surface area contributed by atoms with Gasteiger partial charge in [0.05, 0.1) is 0 Å². The lowest BCUT2D eigenvalue weighted by molar-refractivity contribution is 0.101. The molecule has 0 unspecified atom stereocenters. The van der Waals surface area contributed by atoms with Crippen LogP contribution in [-0.4, -0.2) is 10.4 Å². The molecule has 2 nitrogen and oxygen atoms in total. The molecule has 0 aliphatic carbocycles. The van der Waals surface area contributed by atoms with Gasteiger partial charge < -0.3 is 4.57 Å². The second kappa shape index (κ2) is 4.45. The summed E-state index contributed by atoms with van der Waals surface area (Å²) in [7, 11) is 0. The van der Waals surface area contributed by atoms with E-state index in [2.05, 4.69) is 22.1 Å². The summed E-state index contributed by atoms with van der Waals surface area (Å²) in [4.78, 5) is 12.5. The zero-order chi connectivity index (χ0) is 10.7. The van der Waals surface area contributed by atoms with E-state index in [0.717, 1.165) is 18.5 Å². The molecule has 0 radical (unpaired) electrons. The molecule has 2 aromatic heterocycles. The molecule has 15 heavy (non-hydrogen) atoms. The molecular weight excluding hydrogens is 206 g/mol. The van der Waals surface area contributed by atoms with Crippen LogP contribution in [0.5, 0.6) is 0 Å². The fraction of sp³-hybridized carbons (Fsp3) is 0.250. The lowest BCUT2D eigenvalue weighted by Gasteiger charge is -2.00. The van der Waals surface area contributed by atoms with E-state index < -0.39 is 0 Å². The number of rotatable bonds is 4. The smallest absolute Gasteiger partial charge is 0.161 e. The molecule has 2 aromatic rings. The maximum atomic E-state index is 11.1. The Kier molecular flexibility index (Phi) is 3.02. The van der Waals surface area contributed by atoms with Gasteiger partial charge in [0, 0.05) is 29.4 Å². The highest BCUT2D eigenvalue weighted by molar-refractivity contribution is 7.09. The van der Waals surface area contributed by atoms with Gasteiger partial charge in [-0.25, -0.2) is 0 Å². The molecule has 0 bridgehead atoms. The zero-order valence-electron chi connectivity index (χ0n) is 8.64. The number of carbonyl (C=O) groups is 1. The van der Waals surface area contributed by atoms with E-state index in [1.165, 1.54) is 4.88 Å². The van der Waals surface area contributed by atoms with Gasteiger partial charge in [-0.15, -0.1) is 11.3 Å². The molecule has 0 saturated heterocycles. The summed E-state index contributed by atoms with van der Waals surface area (Å²) in [5.41, 5.74) is 0.793. The van der Waals surface area contributed by atoms with E-state index in [-0.39, 0.29) is 5.78 Å². The number of ketones is 1. The van der Waals surface area contributed by atoms with Gasteiger partial charge in [0.2, 0.25) is 0 Å². The van der Waals surface area contributed by atoms with Crippen LogP contribution in [0.4, 0.5) is 0 Å². The molecule has 2 rings (SSSR count). The number of hydrogen-bond donors (Lipinski definition) is 0. The number of hydrogen-bond acceptors (Lipinski definition) is 2. The fourth-order valence-corrected chi connectivity index (χ4v) is 2.18. The summed E-state index contributed by atoms with van der Waals surface area (Å²) >= 11 is 1.78. The topological polar surface area (TPSA) is 22.0 Å². The van der Waals surface area contributed by atoms with Crippen molar-refractivity contribution >= 4 is 17.1 Å². The van der Waals surface area contributed by atoms with Gasteiger partial charge in [0.15, 0.2) is 5.78 Å². The normalized spacial score (nSPS) is 10.5. The Morgan fingerprint density at radius 1 is 1.47 bits per heavy atom. The molecule has 0 atom stereocenters. The Bertz CT molecular complexity index is 442. The van der Waals surface area contributed by atoms with Crippen LogP contribution in [0.3, 0.4) is 0 Å². The van der Waals surface area contributed by atoms with E-state index >= 15 is 0 Å². The average molecular weight is 219 g/mol. The van der Waals surface area contributed by atoms with Gasteiger partial charge >= 0.3 is 0 Å². The highest BCUT2D eigenvalue weighted by Gasteiger charge is 2.01. The number of nitrogens with zero attached hydrogens (tertiary/aromatic N) is 1. The number of aryl methyl sites for hydroxylation is 2. The SMILES string of the molecule is CC(=O)c1ccn(CCc2cccs2)c1. The molecule has 78 valence electrons. The second-order valence-electron chi connectivity index (χ2n) is 3.52. The van der Waals surface area contributed by atoms with Crippen LogP contribution < -0.4 is 0 Å². The first-order chi connectivity index (χ1) is 7.25. The highest BCUT2D eigenvalue weighted by atomic mass is 32.1. The summed E-state index contributed by atoms with van der Waals surface area (Å²) < 4.78 is 2.07. The van der Waals surface area contributed by atoms with E-state index in [1.807, 2.05) is 18.5 Å². The third-order valence-corrected chi connectivity index (χ3v) is 3.29. The highest BCUT2D eigenvalue weighted by Crippen LogP contribution is 2.11. The average Bonchev–Trinajstić information content (AvgIpc) is 2.86. The third kappa shape index (κ3) is 2.57. The molecule has 0 aliphatic rings. The molecule has 0 amide bonds. The number of thiophene rings is 1. The van der Waals surface area contributed by atoms with Crippen LogP contribution in [0.25, 0.3) is 0 Å². The van der Waals surface area contributed by atoms with Crippen molar-refractivity contribution in [1.82, 2.24) is 4.57 Å². The predicted molar refractivity (Wildman–Crippen MR) is 62.5 cm³/mol. The minimum Gasteiger partial charge on any atom is -0.353 e. The van der Waals surface area contributed by atoms with Crippen LogP contribution in [0.1, 0.15) is 22.2 Å². The Balaban J connectivity index is 1.96. The number of aromatic nitrogens is 1. The van der Waals surface area contributed by atoms with Crippen molar-refractivity contribution in [1.29, 1.82) is 0 Å². The lowest BCUT2D eigenvalue weighted by atomic mass is 10.2. The Labute approximate surface area is 93.2 Å². The first-order valence-electron chi connectivity index (χ1n) is 4.95. The first kappa shape index (κ1) is 10.2. The van der Waals surface area contributed by atoms with Gasteiger partial charge in [0.1, 0.15) is 0 Å². The molecule has 0 aromatic carbocycles. The summed E-state index contributed by atoms with van der Waals surface area (Å²) in [5, 5.41) is 2.09. The number of carbonyl (C=O) groups excluding carboxylic acids is 1. The molecule has 0 aliphatic heterocycles. The van der Waals surface area contributed by atoms with E-state index in [0.29, 0.717) is 0 Å².